The fourth-order valence-corrected chi connectivity index (χ4v) is 4.32. The number of hydrogen-bond donors (Lipinski definition) is 2. The molecule has 2 amide bonds. The summed E-state index contributed by atoms with van der Waals surface area (Å²) in [5.74, 6) is -0.627. The Morgan fingerprint density at radius 3 is 2.68 bits per heavy atom. The van der Waals surface area contributed by atoms with Crippen LogP contribution < -0.4 is 11.1 Å². The highest BCUT2D eigenvalue weighted by molar-refractivity contribution is 6.30. The van der Waals surface area contributed by atoms with E-state index in [2.05, 4.69) is 21.4 Å². The fourth-order valence-electron chi connectivity index (χ4n) is 4.11. The van der Waals surface area contributed by atoms with E-state index >= 15 is 0 Å². The first-order valence-corrected chi connectivity index (χ1v) is 10.8. The zero-order valence-corrected chi connectivity index (χ0v) is 17.9. The summed E-state index contributed by atoms with van der Waals surface area (Å²) in [7, 11) is 0. The molecule has 0 unspecified atom stereocenters. The lowest BCUT2D eigenvalue weighted by Gasteiger charge is -2.40. The third-order valence-electron chi connectivity index (χ3n) is 6.15. The molecule has 2 fully saturated rings. The molecule has 0 radical (unpaired) electrons. The number of amides is 2. The van der Waals surface area contributed by atoms with E-state index in [1.807, 2.05) is 24.3 Å². The number of carbonyl (C=O) groups is 2. The predicted octanol–water partition coefficient (Wildman–Crippen LogP) is 2.89. The molecular weight excluding hydrogens is 416 g/mol. The molecule has 8 nitrogen and oxygen atoms in total. The highest BCUT2D eigenvalue weighted by Gasteiger charge is 2.39. The standard InChI is InChI=1S/C22H25ClN6O2/c23-17-3-1-2-15(12-17)13-28-10-7-22(6-9-24,8-11-28)29-14-18(19(25)30)20(27-29)26-21(31)16-4-5-16/h1-3,12,14,16H,4-8,10-11,13H2,(H2,25,30)(H,26,27,31). The van der Waals surface area contributed by atoms with Crippen molar-refractivity contribution in [2.45, 2.75) is 44.2 Å². The van der Waals surface area contributed by atoms with Crippen molar-refractivity contribution >= 4 is 29.2 Å². The summed E-state index contributed by atoms with van der Waals surface area (Å²) in [6.07, 6.45) is 4.91. The van der Waals surface area contributed by atoms with Crippen LogP contribution in [0, 0.1) is 17.2 Å². The van der Waals surface area contributed by atoms with Gasteiger partial charge in [-0.15, -0.1) is 0 Å². The third kappa shape index (κ3) is 4.73. The van der Waals surface area contributed by atoms with E-state index in [1.165, 1.54) is 0 Å². The van der Waals surface area contributed by atoms with Crippen LogP contribution in [0.5, 0.6) is 0 Å². The van der Waals surface area contributed by atoms with Gasteiger partial charge in [-0.3, -0.25) is 19.2 Å². The Morgan fingerprint density at radius 2 is 2.06 bits per heavy atom. The van der Waals surface area contributed by atoms with Gasteiger partial charge in [0.15, 0.2) is 5.82 Å². The molecule has 3 N–H and O–H groups in total. The molecule has 162 valence electrons. The van der Waals surface area contributed by atoms with Crippen molar-refractivity contribution in [3.05, 3.63) is 46.6 Å². The van der Waals surface area contributed by atoms with Gasteiger partial charge < -0.3 is 11.1 Å². The molecule has 2 heterocycles. The molecule has 1 aliphatic carbocycles. The maximum Gasteiger partial charge on any atom is 0.254 e. The lowest BCUT2D eigenvalue weighted by Crippen LogP contribution is -2.46. The van der Waals surface area contributed by atoms with Crippen molar-refractivity contribution in [1.29, 1.82) is 5.26 Å². The Kier molecular flexibility index (Phi) is 5.99. The second-order valence-electron chi connectivity index (χ2n) is 8.43. The van der Waals surface area contributed by atoms with Crippen molar-refractivity contribution in [2.75, 3.05) is 18.4 Å². The Balaban J connectivity index is 1.52. The van der Waals surface area contributed by atoms with Crippen LogP contribution in [0.4, 0.5) is 5.82 Å². The number of likely N-dealkylation sites (tertiary alicyclic amines) is 1. The number of anilines is 1. The highest BCUT2D eigenvalue weighted by atomic mass is 35.5. The quantitative estimate of drug-likeness (QED) is 0.686. The summed E-state index contributed by atoms with van der Waals surface area (Å²) in [6, 6.07) is 10.1. The van der Waals surface area contributed by atoms with Crippen LogP contribution in [0.1, 0.15) is 48.0 Å². The number of nitrogens with zero attached hydrogens (tertiary/aromatic N) is 4. The number of aromatic nitrogens is 2. The number of carbonyl (C=O) groups excluding carboxylic acids is 2. The number of primary amides is 1. The summed E-state index contributed by atoms with van der Waals surface area (Å²) in [6.45, 7) is 2.31. The van der Waals surface area contributed by atoms with Gasteiger partial charge in [0.2, 0.25) is 5.91 Å². The van der Waals surface area contributed by atoms with Crippen LogP contribution in [0.3, 0.4) is 0 Å². The Hall–Kier alpha value is -2.89. The van der Waals surface area contributed by atoms with E-state index in [0.717, 1.165) is 38.0 Å². The van der Waals surface area contributed by atoms with E-state index < -0.39 is 11.4 Å². The van der Waals surface area contributed by atoms with E-state index in [4.69, 9.17) is 17.3 Å². The minimum absolute atomic E-state index is 0.0197. The number of benzene rings is 1. The SMILES string of the molecule is N#CCC1(n2cc(C(N)=O)c(NC(=O)C3CC3)n2)CCN(Cc2cccc(Cl)c2)CC1. The number of nitrogens with one attached hydrogen (secondary N) is 1. The predicted molar refractivity (Wildman–Crippen MR) is 116 cm³/mol. The van der Waals surface area contributed by atoms with E-state index in [-0.39, 0.29) is 29.6 Å². The summed E-state index contributed by atoms with van der Waals surface area (Å²) >= 11 is 6.10. The molecule has 2 aromatic rings. The average molecular weight is 441 g/mol. The normalized spacial score (nSPS) is 18.3. The van der Waals surface area contributed by atoms with Gasteiger partial charge >= 0.3 is 0 Å². The van der Waals surface area contributed by atoms with E-state index in [0.29, 0.717) is 17.9 Å². The second-order valence-corrected chi connectivity index (χ2v) is 8.87. The molecule has 1 aromatic heterocycles. The molecule has 1 saturated heterocycles. The second kappa shape index (κ2) is 8.69. The van der Waals surface area contributed by atoms with Crippen molar-refractivity contribution < 1.29 is 9.59 Å². The minimum atomic E-state index is -0.650. The number of halogens is 1. The first kappa shape index (κ1) is 21.3. The van der Waals surface area contributed by atoms with Gasteiger partial charge in [0.05, 0.1) is 18.0 Å². The molecule has 1 saturated carbocycles. The van der Waals surface area contributed by atoms with Gasteiger partial charge in [-0.05, 0) is 43.4 Å². The Morgan fingerprint density at radius 1 is 1.32 bits per heavy atom. The van der Waals surface area contributed by atoms with E-state index in [1.54, 1.807) is 10.9 Å². The monoisotopic (exact) mass is 440 g/mol. The lowest BCUT2D eigenvalue weighted by molar-refractivity contribution is -0.117. The summed E-state index contributed by atoms with van der Waals surface area (Å²) in [5.41, 5.74) is 6.30. The van der Waals surface area contributed by atoms with Gasteiger partial charge in [0.25, 0.3) is 5.91 Å². The largest absolute Gasteiger partial charge is 0.365 e. The number of hydrogen-bond acceptors (Lipinski definition) is 5. The van der Waals surface area contributed by atoms with Crippen molar-refractivity contribution in [1.82, 2.24) is 14.7 Å². The fraction of sp³-hybridized carbons (Fsp3) is 0.455. The van der Waals surface area contributed by atoms with Crippen LogP contribution in [-0.2, 0) is 16.9 Å². The number of rotatable bonds is 7. The first-order valence-electron chi connectivity index (χ1n) is 10.4. The van der Waals surface area contributed by atoms with Gasteiger partial charge in [-0.25, -0.2) is 0 Å². The van der Waals surface area contributed by atoms with Crippen molar-refractivity contribution in [3.63, 3.8) is 0 Å². The summed E-state index contributed by atoms with van der Waals surface area (Å²) in [4.78, 5) is 26.5. The molecule has 9 heteroatoms. The van der Waals surface area contributed by atoms with Crippen LogP contribution in [0.2, 0.25) is 5.02 Å². The van der Waals surface area contributed by atoms with Crippen LogP contribution >= 0.6 is 11.6 Å². The van der Waals surface area contributed by atoms with Gasteiger partial charge in [0, 0.05) is 36.8 Å². The first-order chi connectivity index (χ1) is 14.9. The van der Waals surface area contributed by atoms with Crippen LogP contribution in [0.15, 0.2) is 30.5 Å². The maximum absolute atomic E-state index is 12.2. The summed E-state index contributed by atoms with van der Waals surface area (Å²) in [5, 5.41) is 17.5. The molecule has 4 rings (SSSR count). The van der Waals surface area contributed by atoms with Gasteiger partial charge in [-0.1, -0.05) is 23.7 Å². The molecule has 0 atom stereocenters. The van der Waals surface area contributed by atoms with Crippen LogP contribution in [-0.4, -0.2) is 39.6 Å². The lowest BCUT2D eigenvalue weighted by atomic mass is 9.84. The van der Waals surface area contributed by atoms with Crippen LogP contribution in [0.25, 0.3) is 0 Å². The molecule has 1 aliphatic heterocycles. The van der Waals surface area contributed by atoms with Crippen molar-refractivity contribution in [2.24, 2.45) is 11.7 Å². The molecule has 1 aromatic carbocycles. The number of nitrogens with two attached hydrogens (primary N) is 1. The molecule has 2 aliphatic rings. The molecular formula is C22H25ClN6O2. The number of piperidine rings is 1. The Labute approximate surface area is 185 Å². The topological polar surface area (TPSA) is 117 Å². The number of nitriles is 1. The summed E-state index contributed by atoms with van der Waals surface area (Å²) < 4.78 is 1.68. The zero-order chi connectivity index (χ0) is 22.0. The Bertz CT molecular complexity index is 1030. The highest BCUT2D eigenvalue weighted by Crippen LogP contribution is 2.36. The smallest absolute Gasteiger partial charge is 0.254 e. The van der Waals surface area contributed by atoms with E-state index in [9.17, 15) is 14.9 Å². The van der Waals surface area contributed by atoms with Crippen molar-refractivity contribution in [3.8, 4) is 6.07 Å². The minimum Gasteiger partial charge on any atom is -0.365 e. The van der Waals surface area contributed by atoms with Gasteiger partial charge in [-0.2, -0.15) is 10.4 Å². The van der Waals surface area contributed by atoms with Gasteiger partial charge in [0.1, 0.15) is 5.56 Å². The average Bonchev–Trinajstić information content (AvgIpc) is 3.50. The molecule has 0 bridgehead atoms. The maximum atomic E-state index is 12.2. The molecule has 0 spiro atoms. The third-order valence-corrected chi connectivity index (χ3v) is 6.38. The zero-order valence-electron chi connectivity index (χ0n) is 17.2. The molecule has 31 heavy (non-hydrogen) atoms.